The van der Waals surface area contributed by atoms with Crippen molar-refractivity contribution in [3.8, 4) is 0 Å². The number of benzene rings is 2. The number of aliphatic hydroxyl groups is 2. The minimum atomic E-state index is 0.0130. The van der Waals surface area contributed by atoms with Gasteiger partial charge in [-0.05, 0) is 92.6 Å². The highest BCUT2D eigenvalue weighted by Gasteiger charge is 2.26. The zero-order valence-electron chi connectivity index (χ0n) is 31.6. The lowest BCUT2D eigenvalue weighted by molar-refractivity contribution is -0.116. The van der Waals surface area contributed by atoms with E-state index in [0.717, 1.165) is 109 Å². The second kappa shape index (κ2) is 18.8. The third-order valence-corrected chi connectivity index (χ3v) is 9.46. The van der Waals surface area contributed by atoms with Gasteiger partial charge in [0.25, 0.3) is 0 Å². The summed E-state index contributed by atoms with van der Waals surface area (Å²) in [6.07, 6.45) is 12.5. The molecule has 2 N–H and O–H groups in total. The summed E-state index contributed by atoms with van der Waals surface area (Å²) < 4.78 is 4.27. The van der Waals surface area contributed by atoms with Crippen LogP contribution in [-0.2, 0) is 17.9 Å². The number of likely N-dealkylation sites (N-methyl/N-ethyl adjacent to an activating group) is 2. The van der Waals surface area contributed by atoms with Crippen LogP contribution >= 0.6 is 0 Å². The molecule has 10 heteroatoms. The van der Waals surface area contributed by atoms with Crippen LogP contribution in [-0.4, -0.2) is 80.8 Å². The number of nitrogens with zero attached hydrogens (tertiary/aromatic N) is 6. The molecule has 276 valence electrons. The molecule has 0 atom stereocenters. The Morgan fingerprint density at radius 1 is 0.765 bits per heavy atom. The van der Waals surface area contributed by atoms with Crippen LogP contribution < -0.4 is 9.80 Å². The molecular formula is C41H58N6O4. The number of aliphatic hydroxyl groups excluding tert-OH is 2. The molecule has 0 bridgehead atoms. The number of anilines is 2. The van der Waals surface area contributed by atoms with E-state index in [4.69, 9.17) is 10.1 Å². The second-order valence-electron chi connectivity index (χ2n) is 14.1. The summed E-state index contributed by atoms with van der Waals surface area (Å²) in [5.41, 5.74) is 7.17. The van der Waals surface area contributed by atoms with Gasteiger partial charge in [0.05, 0.1) is 35.3 Å². The van der Waals surface area contributed by atoms with Crippen molar-refractivity contribution in [1.29, 1.82) is 0 Å². The van der Waals surface area contributed by atoms with Gasteiger partial charge in [-0.15, -0.1) is 0 Å². The molecule has 2 aromatic carbocycles. The van der Waals surface area contributed by atoms with Crippen LogP contribution in [0.15, 0.2) is 54.1 Å². The first kappa shape index (κ1) is 39.5. The fourth-order valence-electron chi connectivity index (χ4n) is 6.84. The summed E-state index contributed by atoms with van der Waals surface area (Å²) >= 11 is 0. The number of hydrogen-bond acceptors (Lipinski definition) is 8. The van der Waals surface area contributed by atoms with E-state index in [2.05, 4.69) is 97.3 Å². The summed E-state index contributed by atoms with van der Waals surface area (Å²) in [6, 6.07) is 12.3. The molecule has 10 nitrogen and oxygen atoms in total. The minimum Gasteiger partial charge on any atom is -0.395 e. The third kappa shape index (κ3) is 10.2. The zero-order chi connectivity index (χ0) is 37.0. The number of fused-ring (bicyclic) bond motifs is 2. The number of aromatic nitrogens is 4. The fraction of sp³-hybridized carbons (Fsp3) is 0.512. The number of allylic oxidation sites excluding steroid dienone is 3. The smallest absolute Gasteiger partial charge is 0.185 e. The van der Waals surface area contributed by atoms with Crippen molar-refractivity contribution in [3.05, 3.63) is 65.8 Å². The molecule has 2 aromatic heterocycles. The van der Waals surface area contributed by atoms with Crippen LogP contribution in [0, 0.1) is 5.41 Å². The van der Waals surface area contributed by atoms with Gasteiger partial charge in [0, 0.05) is 57.1 Å². The largest absolute Gasteiger partial charge is 0.395 e. The van der Waals surface area contributed by atoms with E-state index < -0.39 is 0 Å². The Morgan fingerprint density at radius 2 is 1.27 bits per heavy atom. The van der Waals surface area contributed by atoms with Crippen LogP contribution in [0.3, 0.4) is 0 Å². The van der Waals surface area contributed by atoms with Crippen molar-refractivity contribution >= 4 is 51.6 Å². The first-order valence-electron chi connectivity index (χ1n) is 18.7. The van der Waals surface area contributed by atoms with Gasteiger partial charge in [-0.25, -0.2) is 9.97 Å². The Hall–Kier alpha value is -4.28. The van der Waals surface area contributed by atoms with Crippen molar-refractivity contribution < 1.29 is 19.8 Å². The molecule has 0 saturated heterocycles. The lowest BCUT2D eigenvalue weighted by Gasteiger charge is -2.27. The van der Waals surface area contributed by atoms with Crippen LogP contribution in [0.4, 0.5) is 11.4 Å². The number of carbonyl (C=O) groups excluding carboxylic acids is 2. The van der Waals surface area contributed by atoms with E-state index >= 15 is 0 Å². The fourth-order valence-corrected chi connectivity index (χ4v) is 6.84. The van der Waals surface area contributed by atoms with Crippen molar-refractivity contribution in [1.82, 2.24) is 19.1 Å². The lowest BCUT2D eigenvalue weighted by atomic mass is 9.77. The Labute approximate surface area is 303 Å². The van der Waals surface area contributed by atoms with Crippen LogP contribution in [0.1, 0.15) is 96.5 Å². The number of rotatable bonds is 17. The van der Waals surface area contributed by atoms with E-state index in [1.165, 1.54) is 0 Å². The predicted octanol–water partition coefficient (Wildman–Crippen LogP) is 7.45. The van der Waals surface area contributed by atoms with Gasteiger partial charge in [0.2, 0.25) is 0 Å². The zero-order valence-corrected chi connectivity index (χ0v) is 31.6. The van der Waals surface area contributed by atoms with Gasteiger partial charge in [0.1, 0.15) is 5.82 Å². The molecule has 0 amide bonds. The molecule has 0 spiro atoms. The van der Waals surface area contributed by atoms with Gasteiger partial charge in [-0.3, -0.25) is 9.59 Å². The molecule has 0 radical (unpaired) electrons. The first-order valence-corrected chi connectivity index (χ1v) is 18.7. The maximum atomic E-state index is 12.1. The summed E-state index contributed by atoms with van der Waals surface area (Å²) in [7, 11) is 0. The predicted molar refractivity (Wildman–Crippen MR) is 210 cm³/mol. The number of aryl methyl sites for hydroxylation is 2. The Kier molecular flexibility index (Phi) is 14.6. The minimum absolute atomic E-state index is 0.0130. The Morgan fingerprint density at radius 3 is 1.73 bits per heavy atom. The SMILES string of the molecule is CCCCn1c(/C=C/C2=CC(=O)CC(C)(C)C2)nc2ccc(N(CC)CCO)cc21.CCCCn1c(C=O)nc2ccc(N(CC)CCO)cc21. The van der Waals surface area contributed by atoms with Crippen molar-refractivity contribution in [2.24, 2.45) is 5.41 Å². The van der Waals surface area contributed by atoms with E-state index in [9.17, 15) is 14.7 Å². The molecule has 1 aliphatic rings. The van der Waals surface area contributed by atoms with Gasteiger partial charge in [-0.1, -0.05) is 46.6 Å². The Balaban J connectivity index is 0.000000244. The molecular weight excluding hydrogens is 640 g/mol. The lowest BCUT2D eigenvalue weighted by Crippen LogP contribution is -2.26. The monoisotopic (exact) mass is 698 g/mol. The maximum absolute atomic E-state index is 12.1. The number of imidazole rings is 2. The molecule has 0 aliphatic heterocycles. The molecule has 51 heavy (non-hydrogen) atoms. The highest BCUT2D eigenvalue weighted by atomic mass is 16.3. The van der Waals surface area contributed by atoms with Crippen molar-refractivity contribution in [2.75, 3.05) is 49.2 Å². The van der Waals surface area contributed by atoms with Gasteiger partial charge >= 0.3 is 0 Å². The summed E-state index contributed by atoms with van der Waals surface area (Å²) in [4.78, 5) is 36.8. The maximum Gasteiger partial charge on any atom is 0.185 e. The van der Waals surface area contributed by atoms with E-state index in [-0.39, 0.29) is 24.4 Å². The van der Waals surface area contributed by atoms with Crippen molar-refractivity contribution in [2.45, 2.75) is 93.2 Å². The van der Waals surface area contributed by atoms with Gasteiger partial charge in [0.15, 0.2) is 17.9 Å². The molecule has 2 heterocycles. The number of carbonyl (C=O) groups is 2. The Bertz CT molecular complexity index is 1820. The first-order chi connectivity index (χ1) is 24.6. The summed E-state index contributed by atoms with van der Waals surface area (Å²) in [6.45, 7) is 17.7. The van der Waals surface area contributed by atoms with Crippen LogP contribution in [0.5, 0.6) is 0 Å². The quantitative estimate of drug-likeness (QED) is 0.109. The number of ketones is 1. The molecule has 4 aromatic rings. The average Bonchev–Trinajstić information content (AvgIpc) is 3.65. The van der Waals surface area contributed by atoms with Crippen molar-refractivity contribution in [3.63, 3.8) is 0 Å². The average molecular weight is 699 g/mol. The topological polar surface area (TPSA) is 117 Å². The highest BCUT2D eigenvalue weighted by molar-refractivity contribution is 5.92. The number of hydrogen-bond donors (Lipinski definition) is 2. The van der Waals surface area contributed by atoms with Gasteiger partial charge in [-0.2, -0.15) is 0 Å². The van der Waals surface area contributed by atoms with E-state index in [1.54, 1.807) is 6.08 Å². The molecule has 5 rings (SSSR count). The van der Waals surface area contributed by atoms with Crippen LogP contribution in [0.2, 0.25) is 0 Å². The van der Waals surface area contributed by atoms with Gasteiger partial charge < -0.3 is 29.1 Å². The molecule has 0 saturated carbocycles. The molecule has 1 aliphatic carbocycles. The molecule has 0 fully saturated rings. The normalized spacial score (nSPS) is 14.2. The summed E-state index contributed by atoms with van der Waals surface area (Å²) in [5, 5.41) is 18.5. The summed E-state index contributed by atoms with van der Waals surface area (Å²) in [5.74, 6) is 1.62. The van der Waals surface area contributed by atoms with E-state index in [0.29, 0.717) is 25.3 Å². The number of unbranched alkanes of at least 4 members (excludes halogenated alkanes) is 2. The number of aldehydes is 1. The standard InChI is InChI=1S/C25H35N3O2.C16H23N3O2/c1-5-7-12-28-23-16-20(27(6-2)13-14-29)9-10-22(23)26-24(28)11-8-19-15-21(30)18-25(3,4)17-19;1-3-5-8-19-15-11-13(18(4-2)9-10-20)6-7-14(15)17-16(19)12-21/h8-11,15-16,29H,5-7,12-14,17-18H2,1-4H3;6-7,11-12,20H,3-5,8-10H2,1-2H3/b11-8+;. The third-order valence-electron chi connectivity index (χ3n) is 9.46. The highest BCUT2D eigenvalue weighted by Crippen LogP contribution is 2.34. The van der Waals surface area contributed by atoms with Crippen LogP contribution in [0.25, 0.3) is 28.1 Å². The second-order valence-corrected chi connectivity index (χ2v) is 14.1. The molecule has 0 unspecified atom stereocenters. The van der Waals surface area contributed by atoms with E-state index in [1.807, 2.05) is 16.7 Å².